The number of carbonyl (C=O) groups excluding carboxylic acids is 3. The number of hydrogen-bond donors (Lipinski definition) is 4. The van der Waals surface area contributed by atoms with Crippen molar-refractivity contribution in [3.05, 3.63) is 64.9 Å². The summed E-state index contributed by atoms with van der Waals surface area (Å²) in [6, 6.07) is 7.08. The van der Waals surface area contributed by atoms with Crippen molar-refractivity contribution in [3.63, 3.8) is 0 Å². The first-order valence-electron chi connectivity index (χ1n) is 13.5. The fourth-order valence-corrected chi connectivity index (χ4v) is 5.31. The summed E-state index contributed by atoms with van der Waals surface area (Å²) in [6.45, 7) is 2.11. The van der Waals surface area contributed by atoms with Crippen molar-refractivity contribution in [1.29, 1.82) is 0 Å². The zero-order valence-corrected chi connectivity index (χ0v) is 24.4. The van der Waals surface area contributed by atoms with E-state index in [0.717, 1.165) is 12.5 Å². The third-order valence-corrected chi connectivity index (χ3v) is 7.73. The number of aliphatic hydroxyl groups excluding tert-OH is 1. The first-order valence-corrected chi connectivity index (χ1v) is 14.4. The van der Waals surface area contributed by atoms with Crippen molar-refractivity contribution in [2.45, 2.75) is 62.8 Å². The van der Waals surface area contributed by atoms with Crippen LogP contribution in [-0.2, 0) is 20.2 Å². The Morgan fingerprint density at radius 2 is 2.00 bits per heavy atom. The number of alkyl halides is 2. The van der Waals surface area contributed by atoms with Gasteiger partial charge in [-0.25, -0.2) is 4.79 Å². The van der Waals surface area contributed by atoms with Crippen LogP contribution in [0.3, 0.4) is 0 Å². The summed E-state index contributed by atoms with van der Waals surface area (Å²) < 4.78 is 36.7. The van der Waals surface area contributed by atoms with Gasteiger partial charge in [-0.05, 0) is 43.5 Å². The Morgan fingerprint density at radius 1 is 1.27 bits per heavy atom. The maximum atomic E-state index is 15.7. The molecule has 3 radical (unpaired) electrons. The predicted molar refractivity (Wildman–Crippen MR) is 149 cm³/mol. The highest BCUT2D eigenvalue weighted by molar-refractivity contribution is 6.30. The molecule has 1 aliphatic heterocycles. The zero-order chi connectivity index (χ0) is 30.0. The standard InChI is InChI=1S/C28H34ClF2N4O5Si/c1-2-3-7-22(25(38)34-21(16-36)14-18-10-13-33-24(18)37)26(41)35-27(39)40-23(17-8-11-32-12-9-17)28(30,31)19-5-4-6-20(29)15-19/h4-6,8-9,11-12,15,18,21-23,26,36H,2-3,7,10,13-14,16H2,1H3,(H,33,37)(H,34,38)(H,35,39)/t18-,21-,22-,23?,26?/m0/s1. The molecule has 13 heteroatoms. The summed E-state index contributed by atoms with van der Waals surface area (Å²) in [5.74, 6) is -5.39. The van der Waals surface area contributed by atoms with Crippen molar-refractivity contribution in [3.8, 4) is 0 Å². The molecule has 4 N–H and O–H groups in total. The van der Waals surface area contributed by atoms with Gasteiger partial charge in [0.1, 0.15) is 0 Å². The van der Waals surface area contributed by atoms with Crippen molar-refractivity contribution >= 4 is 39.8 Å². The number of hydrogen-bond acceptors (Lipinski definition) is 6. The Balaban J connectivity index is 1.74. The molecular weight excluding hydrogens is 574 g/mol. The van der Waals surface area contributed by atoms with Crippen LogP contribution in [0.4, 0.5) is 13.6 Å². The lowest BCUT2D eigenvalue weighted by Gasteiger charge is -2.30. The second-order valence-electron chi connectivity index (χ2n) is 9.97. The van der Waals surface area contributed by atoms with E-state index in [1.165, 1.54) is 42.7 Å². The summed E-state index contributed by atoms with van der Waals surface area (Å²) in [6.07, 6.45) is 2.04. The molecule has 2 heterocycles. The van der Waals surface area contributed by atoms with Crippen LogP contribution < -0.4 is 16.0 Å². The molecule has 1 aromatic heterocycles. The number of unbranched alkanes of at least 4 members (excludes halogenated alkanes) is 1. The zero-order valence-electron chi connectivity index (χ0n) is 22.6. The summed E-state index contributed by atoms with van der Waals surface area (Å²) in [7, 11) is 3.39. The summed E-state index contributed by atoms with van der Waals surface area (Å²) >= 11 is 5.94. The Hall–Kier alpha value is -3.09. The number of pyridine rings is 1. The van der Waals surface area contributed by atoms with Crippen LogP contribution >= 0.6 is 11.6 Å². The molecule has 1 saturated heterocycles. The van der Waals surface area contributed by atoms with Gasteiger partial charge in [0.2, 0.25) is 11.8 Å². The number of ether oxygens (including phenoxy) is 1. The first kappa shape index (κ1) is 32.4. The monoisotopic (exact) mass is 607 g/mol. The van der Waals surface area contributed by atoms with Gasteiger partial charge in [-0.3, -0.25) is 14.6 Å². The summed E-state index contributed by atoms with van der Waals surface area (Å²) in [5, 5.41) is 17.9. The number of alkyl carbamates (subject to hydrolysis) is 1. The van der Waals surface area contributed by atoms with Crippen LogP contribution in [0.5, 0.6) is 0 Å². The number of halogens is 3. The highest BCUT2D eigenvalue weighted by Gasteiger charge is 2.46. The maximum Gasteiger partial charge on any atom is 0.407 e. The summed E-state index contributed by atoms with van der Waals surface area (Å²) in [5.41, 5.74) is -1.42. The molecule has 0 aliphatic carbocycles. The van der Waals surface area contributed by atoms with E-state index >= 15 is 8.78 Å². The van der Waals surface area contributed by atoms with Crippen molar-refractivity contribution < 1.29 is 33.0 Å². The van der Waals surface area contributed by atoms with E-state index in [1.807, 2.05) is 6.92 Å². The second-order valence-corrected chi connectivity index (χ2v) is 11.0. The fourth-order valence-electron chi connectivity index (χ4n) is 4.68. The average molecular weight is 608 g/mol. The molecule has 221 valence electrons. The third kappa shape index (κ3) is 8.94. The van der Waals surface area contributed by atoms with E-state index in [0.29, 0.717) is 25.8 Å². The third-order valence-electron chi connectivity index (χ3n) is 6.95. The van der Waals surface area contributed by atoms with Crippen LogP contribution in [0.15, 0.2) is 48.8 Å². The van der Waals surface area contributed by atoms with Crippen LogP contribution in [-0.4, -0.2) is 63.1 Å². The molecule has 1 fully saturated rings. The van der Waals surface area contributed by atoms with Gasteiger partial charge in [-0.1, -0.05) is 43.5 Å². The van der Waals surface area contributed by atoms with E-state index in [9.17, 15) is 19.5 Å². The number of carbonyl (C=O) groups is 3. The number of nitrogens with one attached hydrogen (secondary N) is 3. The normalized spacial score (nSPS) is 18.1. The number of rotatable bonds is 14. The molecule has 2 unspecified atom stereocenters. The topological polar surface area (TPSA) is 130 Å². The lowest BCUT2D eigenvalue weighted by molar-refractivity contribution is -0.128. The number of aromatic nitrogens is 1. The molecule has 3 rings (SSSR count). The Morgan fingerprint density at radius 3 is 2.61 bits per heavy atom. The molecule has 0 spiro atoms. The smallest absolute Gasteiger partial charge is 0.407 e. The molecular formula is C28H34ClF2N4O5Si. The van der Waals surface area contributed by atoms with E-state index in [4.69, 9.17) is 16.3 Å². The number of nitrogens with zero attached hydrogens (tertiary/aromatic N) is 1. The molecule has 0 saturated carbocycles. The molecule has 1 aromatic carbocycles. The average Bonchev–Trinajstić information content (AvgIpc) is 3.35. The van der Waals surface area contributed by atoms with E-state index in [-0.39, 0.29) is 35.4 Å². The number of aliphatic hydroxyl groups is 1. The van der Waals surface area contributed by atoms with Gasteiger partial charge >= 0.3 is 12.0 Å². The maximum absolute atomic E-state index is 15.7. The molecule has 9 nitrogen and oxygen atoms in total. The quantitative estimate of drug-likeness (QED) is 0.243. The van der Waals surface area contributed by atoms with Gasteiger partial charge in [0.15, 0.2) is 6.10 Å². The van der Waals surface area contributed by atoms with Crippen LogP contribution in [0, 0.1) is 11.8 Å². The molecule has 1 aliphatic rings. The van der Waals surface area contributed by atoms with Crippen LogP contribution in [0.1, 0.15) is 56.3 Å². The highest BCUT2D eigenvalue weighted by atomic mass is 35.5. The van der Waals surface area contributed by atoms with Crippen molar-refractivity contribution in [1.82, 2.24) is 20.9 Å². The number of amides is 3. The number of benzene rings is 1. The SMILES string of the molecule is CCCC[C@@H](C(=O)N[C@H](CO)C[C@@H]1CCNC1=O)C([Si])NC(=O)OC(c1ccncc1)C(F)(F)c1cccc(Cl)c1. The molecule has 0 bridgehead atoms. The highest BCUT2D eigenvalue weighted by Crippen LogP contribution is 2.43. The largest absolute Gasteiger partial charge is 0.434 e. The van der Waals surface area contributed by atoms with E-state index in [2.05, 4.69) is 31.2 Å². The van der Waals surface area contributed by atoms with Gasteiger partial charge in [0.05, 0.1) is 28.8 Å². The molecule has 41 heavy (non-hydrogen) atoms. The van der Waals surface area contributed by atoms with Crippen LogP contribution in [0.25, 0.3) is 0 Å². The molecule has 3 amide bonds. The first-order chi connectivity index (χ1) is 19.6. The minimum atomic E-state index is -3.66. The lowest BCUT2D eigenvalue weighted by atomic mass is 9.96. The van der Waals surface area contributed by atoms with Gasteiger partial charge in [0.25, 0.3) is 0 Å². The second kappa shape index (κ2) is 15.2. The van der Waals surface area contributed by atoms with E-state index < -0.39 is 47.2 Å². The molecule has 5 atom stereocenters. The Labute approximate surface area is 246 Å². The van der Waals surface area contributed by atoms with Crippen molar-refractivity contribution in [2.24, 2.45) is 11.8 Å². The minimum absolute atomic E-state index is 0.00708. The Kier molecular flexibility index (Phi) is 12.0. The van der Waals surface area contributed by atoms with Crippen molar-refractivity contribution in [2.75, 3.05) is 13.2 Å². The van der Waals surface area contributed by atoms with Gasteiger partial charge in [-0.15, -0.1) is 0 Å². The van der Waals surface area contributed by atoms with Crippen LogP contribution in [0.2, 0.25) is 5.02 Å². The fraction of sp³-hybridized carbons (Fsp3) is 0.500. The predicted octanol–water partition coefficient (Wildman–Crippen LogP) is 3.60. The van der Waals surface area contributed by atoms with Gasteiger partial charge in [0, 0.05) is 46.7 Å². The lowest BCUT2D eigenvalue weighted by Crippen LogP contribution is -2.51. The van der Waals surface area contributed by atoms with Gasteiger partial charge < -0.3 is 25.8 Å². The van der Waals surface area contributed by atoms with Gasteiger partial charge in [-0.2, -0.15) is 8.78 Å². The minimum Gasteiger partial charge on any atom is -0.434 e. The summed E-state index contributed by atoms with van der Waals surface area (Å²) in [4.78, 5) is 42.0. The molecule has 2 aromatic rings. The van der Waals surface area contributed by atoms with E-state index in [1.54, 1.807) is 0 Å². The Bertz CT molecular complexity index is 1180.